The summed E-state index contributed by atoms with van der Waals surface area (Å²) in [6.07, 6.45) is 6.56. The van der Waals surface area contributed by atoms with Gasteiger partial charge in [-0.05, 0) is 18.1 Å². The molecule has 2 rings (SSSR count). The summed E-state index contributed by atoms with van der Waals surface area (Å²) in [4.78, 5) is 8.21. The molecule has 0 bridgehead atoms. The summed E-state index contributed by atoms with van der Waals surface area (Å²) >= 11 is 0. The molecule has 8 nitrogen and oxygen atoms in total. The molecule has 0 spiro atoms. The highest BCUT2D eigenvalue weighted by atomic mass is 32.2. The van der Waals surface area contributed by atoms with Gasteiger partial charge in [-0.3, -0.25) is 4.55 Å². The van der Waals surface area contributed by atoms with Crippen LogP contribution < -0.4 is 9.40 Å². The Morgan fingerprint density at radius 2 is 2.10 bits per heavy atom. The third-order valence-electron chi connectivity index (χ3n) is 2.41. The molecule has 1 atom stereocenters. The summed E-state index contributed by atoms with van der Waals surface area (Å²) in [5, 5.41) is 4.15. The Morgan fingerprint density at radius 1 is 1.40 bits per heavy atom. The molecular formula is C11H14N5O3S+. The Bertz CT molecular complexity index is 660. The molecule has 2 heterocycles. The first kappa shape index (κ1) is 14.4. The number of hydrogen-bond acceptors (Lipinski definition) is 5. The molecule has 2 N–H and O–H groups in total. The maximum Gasteiger partial charge on any atom is 0.333 e. The summed E-state index contributed by atoms with van der Waals surface area (Å²) in [5.41, 5.74) is 0.761. The van der Waals surface area contributed by atoms with Crippen LogP contribution in [-0.4, -0.2) is 34.1 Å². The average Bonchev–Trinajstić information content (AvgIpc) is 2.38. The highest BCUT2D eigenvalue weighted by Gasteiger charge is 2.16. The highest BCUT2D eigenvalue weighted by molar-refractivity contribution is 7.83. The van der Waals surface area contributed by atoms with Crippen LogP contribution in [0.15, 0.2) is 36.9 Å². The number of rotatable bonds is 5. The molecule has 0 amide bonds. The predicted octanol–water partition coefficient (Wildman–Crippen LogP) is -0.393. The third kappa shape index (κ3) is 4.30. The maximum absolute atomic E-state index is 10.7. The fourth-order valence-electron chi connectivity index (χ4n) is 1.64. The third-order valence-corrected chi connectivity index (χ3v) is 3.11. The number of nitrogens with zero attached hydrogens (tertiary/aromatic N) is 4. The van der Waals surface area contributed by atoms with E-state index in [1.54, 1.807) is 48.5 Å². The minimum absolute atomic E-state index is 0.287. The van der Waals surface area contributed by atoms with Gasteiger partial charge in [-0.1, -0.05) is 4.68 Å². The molecule has 0 aliphatic carbocycles. The van der Waals surface area contributed by atoms with Crippen molar-refractivity contribution < 1.29 is 17.7 Å². The van der Waals surface area contributed by atoms with Gasteiger partial charge < -0.3 is 0 Å². The van der Waals surface area contributed by atoms with Crippen molar-refractivity contribution in [2.24, 2.45) is 0 Å². The Hall–Kier alpha value is -1.97. The summed E-state index contributed by atoms with van der Waals surface area (Å²) < 4.78 is 33.6. The molecule has 0 aliphatic rings. The van der Waals surface area contributed by atoms with E-state index in [1.807, 2.05) is 0 Å². The van der Waals surface area contributed by atoms with E-state index in [9.17, 15) is 8.42 Å². The van der Waals surface area contributed by atoms with E-state index in [1.165, 1.54) is 0 Å². The van der Waals surface area contributed by atoms with Crippen LogP contribution in [-0.2, 0) is 16.8 Å². The van der Waals surface area contributed by atoms with E-state index >= 15 is 0 Å². The van der Waals surface area contributed by atoms with E-state index in [0.717, 1.165) is 5.56 Å². The molecule has 0 fully saturated rings. The number of aromatic nitrogens is 4. The van der Waals surface area contributed by atoms with Crippen molar-refractivity contribution >= 4 is 10.3 Å². The van der Waals surface area contributed by atoms with Gasteiger partial charge in [0.15, 0.2) is 18.6 Å². The molecule has 2 aromatic rings. The maximum atomic E-state index is 10.7. The Kier molecular flexibility index (Phi) is 4.32. The molecule has 1 unspecified atom stereocenters. The average molecular weight is 296 g/mol. The first-order chi connectivity index (χ1) is 9.44. The molecule has 2 aromatic heterocycles. The van der Waals surface area contributed by atoms with Gasteiger partial charge >= 0.3 is 10.3 Å². The molecule has 106 valence electrons. The van der Waals surface area contributed by atoms with Gasteiger partial charge in [-0.2, -0.15) is 13.1 Å². The van der Waals surface area contributed by atoms with Crippen molar-refractivity contribution in [3.8, 4) is 11.4 Å². The van der Waals surface area contributed by atoms with E-state index in [4.69, 9.17) is 4.55 Å². The lowest BCUT2D eigenvalue weighted by Crippen LogP contribution is -2.47. The Labute approximate surface area is 116 Å². The molecule has 20 heavy (non-hydrogen) atoms. The normalized spacial score (nSPS) is 13.1. The molecular weight excluding hydrogens is 282 g/mol. The predicted molar refractivity (Wildman–Crippen MR) is 69.6 cm³/mol. The van der Waals surface area contributed by atoms with Crippen molar-refractivity contribution in [2.45, 2.75) is 19.5 Å². The van der Waals surface area contributed by atoms with E-state index in [-0.39, 0.29) is 6.54 Å². The quantitative estimate of drug-likeness (QED) is 0.574. The van der Waals surface area contributed by atoms with Gasteiger partial charge in [0.25, 0.3) is 0 Å². The van der Waals surface area contributed by atoms with E-state index in [2.05, 4.69) is 19.8 Å². The minimum atomic E-state index is -4.21. The molecule has 0 saturated heterocycles. The van der Waals surface area contributed by atoms with Crippen LogP contribution in [0.1, 0.15) is 6.92 Å². The zero-order chi connectivity index (χ0) is 14.6. The van der Waals surface area contributed by atoms with E-state index < -0.39 is 16.3 Å². The topological polar surface area (TPSA) is 109 Å². The van der Waals surface area contributed by atoms with Crippen molar-refractivity contribution in [2.75, 3.05) is 0 Å². The summed E-state index contributed by atoms with van der Waals surface area (Å²) in [6.45, 7) is 1.91. The first-order valence-electron chi connectivity index (χ1n) is 5.82. The fraction of sp³-hybridized carbons (Fsp3) is 0.273. The van der Waals surface area contributed by atoms with Gasteiger partial charge in [0.2, 0.25) is 0 Å². The summed E-state index contributed by atoms with van der Waals surface area (Å²) in [5.74, 6) is 0.566. The van der Waals surface area contributed by atoms with Gasteiger partial charge in [-0.25, -0.2) is 9.97 Å². The van der Waals surface area contributed by atoms with Gasteiger partial charge in [0, 0.05) is 24.0 Å². The zero-order valence-electron chi connectivity index (χ0n) is 10.7. The Balaban J connectivity index is 2.06. The second-order valence-electron chi connectivity index (χ2n) is 4.20. The standard InChI is InChI=1S/C11H13N5O3S/c1-9(15-20(17,18)19)8-16-6-3-10(7-14-16)11-12-4-2-5-13-11/h2-7,9,15H,8H2,1H3/p+1. The second-order valence-corrected chi connectivity index (χ2v) is 5.39. The minimum Gasteiger partial charge on any atom is -0.273 e. The molecule has 0 saturated carbocycles. The van der Waals surface area contributed by atoms with Crippen molar-refractivity contribution in [1.29, 1.82) is 0 Å². The van der Waals surface area contributed by atoms with Crippen LogP contribution in [0, 0.1) is 0 Å². The van der Waals surface area contributed by atoms with Crippen molar-refractivity contribution in [3.63, 3.8) is 0 Å². The SMILES string of the molecule is CC(C[n+]1ccc(-c2ncccn2)cn1)NS(=O)(=O)O. The van der Waals surface area contributed by atoms with Crippen molar-refractivity contribution in [1.82, 2.24) is 19.8 Å². The van der Waals surface area contributed by atoms with Crippen LogP contribution in [0.3, 0.4) is 0 Å². The molecule has 9 heteroatoms. The summed E-state index contributed by atoms with van der Waals surface area (Å²) in [6, 6.07) is 3.02. The highest BCUT2D eigenvalue weighted by Crippen LogP contribution is 2.09. The second kappa shape index (κ2) is 5.99. The van der Waals surface area contributed by atoms with Crippen molar-refractivity contribution in [3.05, 3.63) is 36.9 Å². The molecule has 0 aliphatic heterocycles. The van der Waals surface area contributed by atoms with Crippen LogP contribution in [0.5, 0.6) is 0 Å². The largest absolute Gasteiger partial charge is 0.333 e. The number of nitrogens with one attached hydrogen (secondary N) is 1. The van der Waals surface area contributed by atoms with Gasteiger partial charge in [-0.15, -0.1) is 0 Å². The molecule has 0 aromatic carbocycles. The molecule has 0 radical (unpaired) electrons. The van der Waals surface area contributed by atoms with Crippen LogP contribution in [0.2, 0.25) is 0 Å². The van der Waals surface area contributed by atoms with Crippen LogP contribution in [0.25, 0.3) is 11.4 Å². The van der Waals surface area contributed by atoms with Crippen LogP contribution >= 0.6 is 0 Å². The Morgan fingerprint density at radius 3 is 2.65 bits per heavy atom. The van der Waals surface area contributed by atoms with Crippen LogP contribution in [0.4, 0.5) is 0 Å². The fourth-order valence-corrected chi connectivity index (χ4v) is 2.23. The van der Waals surface area contributed by atoms with Gasteiger partial charge in [0.05, 0.1) is 6.04 Å². The monoisotopic (exact) mass is 296 g/mol. The lowest BCUT2D eigenvalue weighted by molar-refractivity contribution is -0.755. The number of hydrogen-bond donors (Lipinski definition) is 2. The first-order valence-corrected chi connectivity index (χ1v) is 7.26. The zero-order valence-corrected chi connectivity index (χ0v) is 11.5. The lowest BCUT2D eigenvalue weighted by Gasteiger charge is -2.06. The lowest BCUT2D eigenvalue weighted by atomic mass is 10.3. The van der Waals surface area contributed by atoms with Gasteiger partial charge in [0.1, 0.15) is 6.20 Å². The van der Waals surface area contributed by atoms with E-state index in [0.29, 0.717) is 5.82 Å². The summed E-state index contributed by atoms with van der Waals surface area (Å²) in [7, 11) is -4.21. The smallest absolute Gasteiger partial charge is 0.273 e.